The molecule has 1 heterocycles. The maximum absolute atomic E-state index is 6.00. The molecule has 0 aromatic heterocycles. The highest BCUT2D eigenvalue weighted by Gasteiger charge is 2.32. The van der Waals surface area contributed by atoms with Crippen LogP contribution in [0.1, 0.15) is 59.3 Å². The van der Waals surface area contributed by atoms with Gasteiger partial charge in [0.05, 0.1) is 0 Å². The minimum atomic E-state index is 0.410. The third-order valence-electron chi connectivity index (χ3n) is 5.13. The molecule has 1 saturated heterocycles. The molecule has 112 valence electrons. The first-order valence-electron chi connectivity index (χ1n) is 8.40. The molecular weight excluding hydrogens is 232 g/mol. The zero-order valence-electron chi connectivity index (χ0n) is 13.3. The van der Waals surface area contributed by atoms with Gasteiger partial charge in [0, 0.05) is 13.1 Å². The van der Waals surface area contributed by atoms with Crippen molar-refractivity contribution in [1.29, 1.82) is 0 Å². The van der Waals surface area contributed by atoms with E-state index in [9.17, 15) is 0 Å². The highest BCUT2D eigenvalue weighted by molar-refractivity contribution is 4.85. The molecule has 0 aromatic carbocycles. The maximum Gasteiger partial charge on any atom is 0.00220 e. The van der Waals surface area contributed by atoms with Crippen LogP contribution in [-0.2, 0) is 0 Å². The SMILES string of the molecule is CC(C)(C)CC(CN)CN1CCC2CCCCC2C1. The molecule has 2 N–H and O–H groups in total. The van der Waals surface area contributed by atoms with Gasteiger partial charge < -0.3 is 10.6 Å². The lowest BCUT2D eigenvalue weighted by molar-refractivity contribution is 0.0708. The van der Waals surface area contributed by atoms with Gasteiger partial charge >= 0.3 is 0 Å². The van der Waals surface area contributed by atoms with Gasteiger partial charge in [-0.3, -0.25) is 0 Å². The van der Waals surface area contributed by atoms with Crippen molar-refractivity contribution in [3.63, 3.8) is 0 Å². The molecule has 2 heteroatoms. The monoisotopic (exact) mass is 266 g/mol. The number of likely N-dealkylation sites (tertiary alicyclic amines) is 1. The van der Waals surface area contributed by atoms with Crippen molar-refractivity contribution in [2.75, 3.05) is 26.2 Å². The molecule has 19 heavy (non-hydrogen) atoms. The Morgan fingerprint density at radius 3 is 2.42 bits per heavy atom. The van der Waals surface area contributed by atoms with Crippen LogP contribution in [0.4, 0.5) is 0 Å². The second kappa shape index (κ2) is 6.58. The zero-order valence-corrected chi connectivity index (χ0v) is 13.3. The van der Waals surface area contributed by atoms with Crippen LogP contribution in [0.2, 0.25) is 0 Å². The summed E-state index contributed by atoms with van der Waals surface area (Å²) in [7, 11) is 0. The molecule has 2 aliphatic rings. The highest BCUT2D eigenvalue weighted by Crippen LogP contribution is 2.36. The minimum absolute atomic E-state index is 0.410. The number of piperidine rings is 1. The Morgan fingerprint density at radius 2 is 1.79 bits per heavy atom. The Balaban J connectivity index is 1.81. The molecule has 0 bridgehead atoms. The first kappa shape index (κ1) is 15.3. The lowest BCUT2D eigenvalue weighted by Crippen LogP contribution is -2.45. The molecule has 3 unspecified atom stereocenters. The lowest BCUT2D eigenvalue weighted by atomic mass is 9.75. The molecule has 0 aromatic rings. The lowest BCUT2D eigenvalue weighted by Gasteiger charge is -2.42. The number of hydrogen-bond donors (Lipinski definition) is 1. The Morgan fingerprint density at radius 1 is 1.11 bits per heavy atom. The standard InChI is InChI=1S/C17H34N2/c1-17(2,3)10-14(11-18)12-19-9-8-15-6-4-5-7-16(15)13-19/h14-16H,4-13,18H2,1-3H3. The largest absolute Gasteiger partial charge is 0.330 e. The molecule has 0 amide bonds. The second-order valence-corrected chi connectivity index (χ2v) is 8.22. The van der Waals surface area contributed by atoms with E-state index in [1.807, 2.05) is 0 Å². The summed E-state index contributed by atoms with van der Waals surface area (Å²) in [5.41, 5.74) is 6.41. The first-order chi connectivity index (χ1) is 8.98. The Labute approximate surface area is 120 Å². The van der Waals surface area contributed by atoms with Gasteiger partial charge in [-0.2, -0.15) is 0 Å². The number of nitrogens with two attached hydrogens (primary N) is 1. The van der Waals surface area contributed by atoms with Gasteiger partial charge in [-0.05, 0) is 55.5 Å². The van der Waals surface area contributed by atoms with Crippen molar-refractivity contribution < 1.29 is 0 Å². The Hall–Kier alpha value is -0.0800. The second-order valence-electron chi connectivity index (χ2n) is 8.22. The minimum Gasteiger partial charge on any atom is -0.330 e. The average Bonchev–Trinajstić information content (AvgIpc) is 2.36. The van der Waals surface area contributed by atoms with E-state index in [2.05, 4.69) is 25.7 Å². The molecular formula is C17H34N2. The summed E-state index contributed by atoms with van der Waals surface area (Å²) >= 11 is 0. The van der Waals surface area contributed by atoms with Crippen LogP contribution >= 0.6 is 0 Å². The average molecular weight is 266 g/mol. The molecule has 0 spiro atoms. The molecule has 1 saturated carbocycles. The number of rotatable bonds is 4. The van der Waals surface area contributed by atoms with E-state index >= 15 is 0 Å². The van der Waals surface area contributed by atoms with Gasteiger partial charge in [0.25, 0.3) is 0 Å². The van der Waals surface area contributed by atoms with Crippen molar-refractivity contribution in [2.45, 2.75) is 59.3 Å². The van der Waals surface area contributed by atoms with Crippen LogP contribution < -0.4 is 5.73 Å². The van der Waals surface area contributed by atoms with Crippen molar-refractivity contribution in [3.8, 4) is 0 Å². The van der Waals surface area contributed by atoms with Crippen molar-refractivity contribution >= 4 is 0 Å². The highest BCUT2D eigenvalue weighted by atomic mass is 15.1. The number of nitrogens with zero attached hydrogens (tertiary/aromatic N) is 1. The smallest absolute Gasteiger partial charge is 0.00220 e. The van der Waals surface area contributed by atoms with E-state index in [0.717, 1.165) is 18.4 Å². The topological polar surface area (TPSA) is 29.3 Å². The van der Waals surface area contributed by atoms with E-state index < -0.39 is 0 Å². The van der Waals surface area contributed by atoms with Gasteiger partial charge in [-0.15, -0.1) is 0 Å². The normalized spacial score (nSPS) is 30.9. The predicted octanol–water partition coefficient (Wildman–Crippen LogP) is 3.51. The van der Waals surface area contributed by atoms with Crippen LogP contribution in [0.15, 0.2) is 0 Å². The summed E-state index contributed by atoms with van der Waals surface area (Å²) in [4.78, 5) is 2.72. The Bertz CT molecular complexity index is 269. The summed E-state index contributed by atoms with van der Waals surface area (Å²) in [6.07, 6.45) is 8.63. The van der Waals surface area contributed by atoms with Crippen molar-refractivity contribution in [2.24, 2.45) is 28.9 Å². The van der Waals surface area contributed by atoms with Crippen LogP contribution in [0.25, 0.3) is 0 Å². The summed E-state index contributed by atoms with van der Waals surface area (Å²) in [6.45, 7) is 11.8. The van der Waals surface area contributed by atoms with E-state index in [-0.39, 0.29) is 0 Å². The third-order valence-corrected chi connectivity index (χ3v) is 5.13. The van der Waals surface area contributed by atoms with Gasteiger partial charge in [0.2, 0.25) is 0 Å². The van der Waals surface area contributed by atoms with E-state index in [0.29, 0.717) is 11.3 Å². The van der Waals surface area contributed by atoms with Crippen LogP contribution in [0, 0.1) is 23.2 Å². The van der Waals surface area contributed by atoms with Gasteiger partial charge in [-0.25, -0.2) is 0 Å². The van der Waals surface area contributed by atoms with Crippen LogP contribution in [0.3, 0.4) is 0 Å². The van der Waals surface area contributed by atoms with Crippen molar-refractivity contribution in [3.05, 3.63) is 0 Å². The van der Waals surface area contributed by atoms with E-state index in [1.165, 1.54) is 58.2 Å². The molecule has 0 radical (unpaired) electrons. The van der Waals surface area contributed by atoms with Crippen molar-refractivity contribution in [1.82, 2.24) is 4.90 Å². The summed E-state index contributed by atoms with van der Waals surface area (Å²) in [5.74, 6) is 2.72. The van der Waals surface area contributed by atoms with E-state index in [4.69, 9.17) is 5.73 Å². The number of fused-ring (bicyclic) bond motifs is 1. The van der Waals surface area contributed by atoms with Crippen LogP contribution in [0.5, 0.6) is 0 Å². The fourth-order valence-electron chi connectivity index (χ4n) is 4.30. The molecule has 3 atom stereocenters. The zero-order chi connectivity index (χ0) is 13.9. The fraction of sp³-hybridized carbons (Fsp3) is 1.00. The number of hydrogen-bond acceptors (Lipinski definition) is 2. The Kier molecular flexibility index (Phi) is 5.30. The van der Waals surface area contributed by atoms with Gasteiger partial charge in [0.1, 0.15) is 0 Å². The summed E-state index contributed by atoms with van der Waals surface area (Å²) in [5, 5.41) is 0. The molecule has 2 fully saturated rings. The molecule has 1 aliphatic heterocycles. The van der Waals surface area contributed by atoms with Gasteiger partial charge in [0.15, 0.2) is 0 Å². The van der Waals surface area contributed by atoms with Gasteiger partial charge in [-0.1, -0.05) is 40.0 Å². The maximum atomic E-state index is 6.00. The quantitative estimate of drug-likeness (QED) is 0.843. The predicted molar refractivity (Wildman–Crippen MR) is 83.1 cm³/mol. The molecule has 1 aliphatic carbocycles. The molecule has 2 nitrogen and oxygen atoms in total. The first-order valence-corrected chi connectivity index (χ1v) is 8.40. The fourth-order valence-corrected chi connectivity index (χ4v) is 4.30. The van der Waals surface area contributed by atoms with E-state index in [1.54, 1.807) is 0 Å². The third kappa shape index (κ3) is 4.75. The van der Waals surface area contributed by atoms with Crippen LogP contribution in [-0.4, -0.2) is 31.1 Å². The molecule has 2 rings (SSSR count). The summed E-state index contributed by atoms with van der Waals surface area (Å²) < 4.78 is 0. The summed E-state index contributed by atoms with van der Waals surface area (Å²) in [6, 6.07) is 0.